The van der Waals surface area contributed by atoms with E-state index in [1.807, 2.05) is 0 Å². The van der Waals surface area contributed by atoms with Gasteiger partial charge in [-0.3, -0.25) is 14.5 Å². The lowest BCUT2D eigenvalue weighted by molar-refractivity contribution is -0.272. The summed E-state index contributed by atoms with van der Waals surface area (Å²) in [5.41, 5.74) is -0.552. The van der Waals surface area contributed by atoms with Crippen LogP contribution in [0.4, 0.5) is 0 Å². The number of imide groups is 1. The zero-order chi connectivity index (χ0) is 20.2. The number of rotatable bonds is 3. The molecule has 2 aliphatic heterocycles. The molecule has 0 bridgehead atoms. The smallest absolute Gasteiger partial charge is 0.263 e. The van der Waals surface area contributed by atoms with Crippen molar-refractivity contribution in [1.29, 1.82) is 0 Å². The summed E-state index contributed by atoms with van der Waals surface area (Å²) in [5.74, 6) is -1.82. The topological polar surface area (TPSA) is 117 Å². The van der Waals surface area contributed by atoms with E-state index in [9.17, 15) is 24.9 Å². The largest absolute Gasteiger partial charge is 0.394 e. The van der Waals surface area contributed by atoms with Crippen molar-refractivity contribution in [3.8, 4) is 0 Å². The maximum atomic E-state index is 12.9. The van der Waals surface area contributed by atoms with Crippen LogP contribution in [0.1, 0.15) is 20.7 Å². The van der Waals surface area contributed by atoms with Crippen molar-refractivity contribution in [2.24, 2.45) is 0 Å². The van der Waals surface area contributed by atoms with Crippen molar-refractivity contribution < 1.29 is 34.4 Å². The summed E-state index contributed by atoms with van der Waals surface area (Å²) >= 11 is 24.1. The number of aliphatic hydroxyl groups excluding tert-OH is 3. The Bertz CT molecular complexity index is 771. The highest BCUT2D eigenvalue weighted by molar-refractivity contribution is 6.55. The molecule has 8 nitrogen and oxygen atoms in total. The molecule has 2 heterocycles. The number of carbonyl (C=O) groups is 2. The Morgan fingerprint density at radius 1 is 0.963 bits per heavy atom. The zero-order valence-electron chi connectivity index (χ0n) is 13.5. The van der Waals surface area contributed by atoms with E-state index in [4.69, 9.17) is 55.9 Å². The Morgan fingerprint density at radius 3 is 1.85 bits per heavy atom. The Balaban J connectivity index is 2.10. The van der Waals surface area contributed by atoms with Gasteiger partial charge < -0.3 is 24.8 Å². The quantitative estimate of drug-likeness (QED) is 0.354. The summed E-state index contributed by atoms with van der Waals surface area (Å²) in [4.78, 5) is 26.5. The van der Waals surface area contributed by atoms with E-state index in [0.29, 0.717) is 4.90 Å². The van der Waals surface area contributed by atoms with E-state index in [0.717, 1.165) is 0 Å². The lowest BCUT2D eigenvalue weighted by Gasteiger charge is -2.44. The second kappa shape index (κ2) is 7.62. The molecule has 12 heteroatoms. The average molecular weight is 461 g/mol. The molecule has 3 N–H and O–H groups in total. The first-order valence-corrected chi connectivity index (χ1v) is 9.07. The number of benzene rings is 1. The van der Waals surface area contributed by atoms with Crippen LogP contribution in [-0.2, 0) is 9.47 Å². The van der Waals surface area contributed by atoms with Crippen LogP contribution in [-0.4, -0.2) is 76.4 Å². The fourth-order valence-electron chi connectivity index (χ4n) is 3.17. The standard InChI is InChI=1S/C15H13Cl4NO7/c1-26-15-10(12(23)11(22)3(2-21)27-15)20-13(24)4-5(14(20)25)7(17)9(19)8(18)6(4)16/h3,10-12,15,21-23H,2H2,1H3/t3-,10-,11-,12-,15?/m1/s1. The van der Waals surface area contributed by atoms with E-state index < -0.39 is 49.1 Å². The van der Waals surface area contributed by atoms with E-state index in [1.165, 1.54) is 7.11 Å². The van der Waals surface area contributed by atoms with Gasteiger partial charge in [-0.2, -0.15) is 0 Å². The minimum Gasteiger partial charge on any atom is -0.394 e. The molecule has 2 amide bonds. The number of fused-ring (bicyclic) bond motifs is 1. The monoisotopic (exact) mass is 459 g/mol. The average Bonchev–Trinajstić information content (AvgIpc) is 2.91. The van der Waals surface area contributed by atoms with E-state index in [2.05, 4.69) is 0 Å². The van der Waals surface area contributed by atoms with Crippen molar-refractivity contribution in [1.82, 2.24) is 4.90 Å². The summed E-state index contributed by atoms with van der Waals surface area (Å²) < 4.78 is 10.5. The van der Waals surface area contributed by atoms with Crippen LogP contribution in [0.3, 0.4) is 0 Å². The number of methoxy groups -OCH3 is 1. The normalized spacial score (nSPS) is 30.8. The minimum atomic E-state index is -1.67. The molecule has 0 aromatic heterocycles. The van der Waals surface area contributed by atoms with Crippen LogP contribution in [0.2, 0.25) is 20.1 Å². The molecule has 1 unspecified atom stereocenters. The van der Waals surface area contributed by atoms with Crippen LogP contribution in [0.25, 0.3) is 0 Å². The highest BCUT2D eigenvalue weighted by Crippen LogP contribution is 2.46. The van der Waals surface area contributed by atoms with Gasteiger partial charge in [0.05, 0.1) is 37.8 Å². The second-order valence-electron chi connectivity index (χ2n) is 5.92. The van der Waals surface area contributed by atoms with E-state index >= 15 is 0 Å². The summed E-state index contributed by atoms with van der Waals surface area (Å²) in [6.07, 6.45) is -5.76. The van der Waals surface area contributed by atoms with Gasteiger partial charge in [0, 0.05) is 7.11 Å². The highest BCUT2D eigenvalue weighted by atomic mass is 35.5. The number of nitrogens with zero attached hydrogens (tertiary/aromatic N) is 1. The summed E-state index contributed by atoms with van der Waals surface area (Å²) in [6, 6.07) is -1.44. The maximum Gasteiger partial charge on any atom is 0.263 e. The van der Waals surface area contributed by atoms with Crippen molar-refractivity contribution in [3.05, 3.63) is 31.2 Å². The minimum absolute atomic E-state index is 0.200. The summed E-state index contributed by atoms with van der Waals surface area (Å²) in [5, 5.41) is 28.9. The fourth-order valence-corrected chi connectivity index (χ4v) is 4.19. The highest BCUT2D eigenvalue weighted by Gasteiger charge is 2.54. The van der Waals surface area contributed by atoms with Gasteiger partial charge in [0.25, 0.3) is 11.8 Å². The van der Waals surface area contributed by atoms with Crippen LogP contribution in [0.15, 0.2) is 0 Å². The lowest BCUT2D eigenvalue weighted by atomic mass is 9.95. The molecule has 1 fully saturated rings. The first kappa shape index (κ1) is 21.0. The molecule has 1 saturated heterocycles. The molecule has 148 valence electrons. The molecular weight excluding hydrogens is 448 g/mol. The molecule has 0 aliphatic carbocycles. The van der Waals surface area contributed by atoms with E-state index in [-0.39, 0.29) is 31.2 Å². The van der Waals surface area contributed by atoms with Gasteiger partial charge in [-0.15, -0.1) is 0 Å². The van der Waals surface area contributed by atoms with Gasteiger partial charge in [-0.05, 0) is 0 Å². The second-order valence-corrected chi connectivity index (χ2v) is 7.43. The van der Waals surface area contributed by atoms with Crippen molar-refractivity contribution in [2.75, 3.05) is 13.7 Å². The van der Waals surface area contributed by atoms with Crippen LogP contribution < -0.4 is 0 Å². The van der Waals surface area contributed by atoms with Crippen molar-refractivity contribution in [3.63, 3.8) is 0 Å². The molecule has 2 aliphatic rings. The van der Waals surface area contributed by atoms with Crippen LogP contribution in [0.5, 0.6) is 0 Å². The molecular formula is C15H13Cl4NO7. The van der Waals surface area contributed by atoms with Gasteiger partial charge in [-0.1, -0.05) is 46.4 Å². The Labute approximate surface area is 173 Å². The predicted molar refractivity (Wildman–Crippen MR) is 95.5 cm³/mol. The van der Waals surface area contributed by atoms with Crippen molar-refractivity contribution >= 4 is 58.2 Å². The molecule has 0 spiro atoms. The number of ether oxygens (including phenoxy) is 2. The number of carbonyl (C=O) groups excluding carboxylic acids is 2. The zero-order valence-corrected chi connectivity index (χ0v) is 16.6. The Kier molecular flexibility index (Phi) is 5.94. The third-order valence-corrected chi connectivity index (χ3v) is 6.31. The summed E-state index contributed by atoms with van der Waals surface area (Å²) in [6.45, 7) is -0.615. The molecule has 5 atom stereocenters. The fraction of sp³-hybridized carbons (Fsp3) is 0.467. The Hall–Kier alpha value is -0.680. The van der Waals surface area contributed by atoms with Gasteiger partial charge in [0.2, 0.25) is 0 Å². The summed E-state index contributed by atoms with van der Waals surface area (Å²) in [7, 11) is 1.21. The molecule has 1 aromatic carbocycles. The van der Waals surface area contributed by atoms with Gasteiger partial charge in [0.1, 0.15) is 24.4 Å². The van der Waals surface area contributed by atoms with Gasteiger partial charge in [-0.25, -0.2) is 0 Å². The third kappa shape index (κ3) is 3.04. The number of aliphatic hydroxyl groups is 3. The first-order valence-electron chi connectivity index (χ1n) is 7.56. The van der Waals surface area contributed by atoms with Crippen molar-refractivity contribution in [2.45, 2.75) is 30.6 Å². The number of hydrogen-bond acceptors (Lipinski definition) is 7. The third-order valence-electron chi connectivity index (χ3n) is 4.51. The van der Waals surface area contributed by atoms with Gasteiger partial charge in [0.15, 0.2) is 6.29 Å². The number of amides is 2. The Morgan fingerprint density at radius 2 is 1.44 bits per heavy atom. The maximum absolute atomic E-state index is 12.9. The number of halogens is 4. The van der Waals surface area contributed by atoms with E-state index in [1.54, 1.807) is 0 Å². The molecule has 1 aromatic rings. The SMILES string of the molecule is COC1O[C@H](CO)[C@@H](O)[C@H](O)[C@H]1N1C(=O)c2c(Cl)c(Cl)c(Cl)c(Cl)c2C1=O. The van der Waals surface area contributed by atoms with Crippen LogP contribution in [0, 0.1) is 0 Å². The lowest BCUT2D eigenvalue weighted by Crippen LogP contribution is -2.65. The van der Waals surface area contributed by atoms with Crippen LogP contribution >= 0.6 is 46.4 Å². The molecule has 3 rings (SSSR count). The molecule has 0 radical (unpaired) electrons. The van der Waals surface area contributed by atoms with Gasteiger partial charge >= 0.3 is 0 Å². The predicted octanol–water partition coefficient (Wildman–Crippen LogP) is 1.35. The molecule has 27 heavy (non-hydrogen) atoms. The first-order chi connectivity index (χ1) is 12.7. The number of hydrogen-bond donors (Lipinski definition) is 3. The molecule has 0 saturated carbocycles.